The molecule has 1 amide bonds. The summed E-state index contributed by atoms with van der Waals surface area (Å²) in [6.07, 6.45) is 1.70. The number of carbonyl (C=O) groups excluding carboxylic acids is 1. The molecule has 0 aliphatic carbocycles. The SMILES string of the molecule is Cc1cccc(-n2c(N)c(C(=O)N[C@H](C)CCc3ccccc3)c3nc4ccccc4nc32)c1. The normalized spacial score (nSPS) is 12.2. The molecule has 3 N–H and O–H groups in total. The molecule has 0 aliphatic heterocycles. The molecule has 3 aromatic carbocycles. The lowest BCUT2D eigenvalue weighted by Crippen LogP contribution is -2.33. The molecule has 0 unspecified atom stereocenters. The number of benzene rings is 3. The fraction of sp³-hybridized carbons (Fsp3) is 0.179. The first-order valence-corrected chi connectivity index (χ1v) is 11.5. The minimum atomic E-state index is -0.237. The van der Waals surface area contributed by atoms with Gasteiger partial charge < -0.3 is 11.1 Å². The number of para-hydroxylation sites is 2. The van der Waals surface area contributed by atoms with Crippen molar-refractivity contribution < 1.29 is 4.79 Å². The maximum Gasteiger partial charge on any atom is 0.257 e. The number of anilines is 1. The molecule has 0 radical (unpaired) electrons. The zero-order chi connectivity index (χ0) is 23.7. The highest BCUT2D eigenvalue weighted by Gasteiger charge is 2.25. The second kappa shape index (κ2) is 8.98. The van der Waals surface area contributed by atoms with Crippen LogP contribution in [0, 0.1) is 6.92 Å². The van der Waals surface area contributed by atoms with Crippen LogP contribution in [0.2, 0.25) is 0 Å². The van der Waals surface area contributed by atoms with Crippen LogP contribution < -0.4 is 11.1 Å². The van der Waals surface area contributed by atoms with Gasteiger partial charge in [0.2, 0.25) is 0 Å². The number of fused-ring (bicyclic) bond motifs is 2. The van der Waals surface area contributed by atoms with Crippen molar-refractivity contribution in [3.05, 3.63) is 95.6 Å². The molecule has 2 aromatic heterocycles. The monoisotopic (exact) mass is 449 g/mol. The molecule has 5 rings (SSSR count). The number of rotatable bonds is 6. The number of nitrogens with one attached hydrogen (secondary N) is 1. The second-order valence-corrected chi connectivity index (χ2v) is 8.72. The molecule has 170 valence electrons. The fourth-order valence-corrected chi connectivity index (χ4v) is 4.31. The largest absolute Gasteiger partial charge is 0.384 e. The number of hydrogen-bond donors (Lipinski definition) is 2. The Balaban J connectivity index is 1.55. The van der Waals surface area contributed by atoms with Gasteiger partial charge in [-0.05, 0) is 62.1 Å². The summed E-state index contributed by atoms with van der Waals surface area (Å²) in [5.41, 5.74) is 12.7. The van der Waals surface area contributed by atoms with Crippen molar-refractivity contribution in [3.8, 4) is 5.69 Å². The summed E-state index contributed by atoms with van der Waals surface area (Å²) in [4.78, 5) is 23.1. The van der Waals surface area contributed by atoms with Crippen molar-refractivity contribution in [1.82, 2.24) is 19.9 Å². The van der Waals surface area contributed by atoms with Gasteiger partial charge in [0.15, 0.2) is 5.65 Å². The van der Waals surface area contributed by atoms with Crippen LogP contribution >= 0.6 is 0 Å². The van der Waals surface area contributed by atoms with Gasteiger partial charge in [0.05, 0.1) is 11.0 Å². The van der Waals surface area contributed by atoms with E-state index in [1.807, 2.05) is 85.1 Å². The predicted molar refractivity (Wildman–Crippen MR) is 137 cm³/mol. The van der Waals surface area contributed by atoms with Crippen molar-refractivity contribution in [2.75, 3.05) is 5.73 Å². The molecular weight excluding hydrogens is 422 g/mol. The van der Waals surface area contributed by atoms with Crippen LogP contribution in [0.4, 0.5) is 5.82 Å². The molecule has 0 aliphatic rings. The van der Waals surface area contributed by atoms with Gasteiger partial charge in [-0.3, -0.25) is 9.36 Å². The lowest BCUT2D eigenvalue weighted by atomic mass is 10.1. The number of nitrogen functional groups attached to an aromatic ring is 1. The molecule has 0 saturated carbocycles. The molecule has 6 heteroatoms. The van der Waals surface area contributed by atoms with E-state index in [1.54, 1.807) is 0 Å². The van der Waals surface area contributed by atoms with E-state index in [4.69, 9.17) is 15.7 Å². The Morgan fingerprint density at radius 3 is 2.41 bits per heavy atom. The molecule has 34 heavy (non-hydrogen) atoms. The number of nitrogens with two attached hydrogens (primary N) is 1. The third-order valence-corrected chi connectivity index (χ3v) is 6.07. The van der Waals surface area contributed by atoms with E-state index < -0.39 is 0 Å². The van der Waals surface area contributed by atoms with E-state index in [1.165, 1.54) is 5.56 Å². The van der Waals surface area contributed by atoms with Gasteiger partial charge in [-0.15, -0.1) is 0 Å². The van der Waals surface area contributed by atoms with Gasteiger partial charge in [0.25, 0.3) is 5.91 Å². The molecule has 5 aromatic rings. The van der Waals surface area contributed by atoms with E-state index in [2.05, 4.69) is 17.4 Å². The van der Waals surface area contributed by atoms with Crippen molar-refractivity contribution >= 4 is 33.9 Å². The van der Waals surface area contributed by atoms with Gasteiger partial charge in [-0.2, -0.15) is 0 Å². The molecule has 0 fully saturated rings. The van der Waals surface area contributed by atoms with Crippen LogP contribution in [-0.4, -0.2) is 26.5 Å². The van der Waals surface area contributed by atoms with Crippen molar-refractivity contribution in [2.24, 2.45) is 0 Å². The van der Waals surface area contributed by atoms with Crippen LogP contribution in [0.25, 0.3) is 27.9 Å². The van der Waals surface area contributed by atoms with E-state index in [-0.39, 0.29) is 11.9 Å². The van der Waals surface area contributed by atoms with Crippen LogP contribution in [0.3, 0.4) is 0 Å². The zero-order valence-corrected chi connectivity index (χ0v) is 19.3. The average Bonchev–Trinajstić information content (AvgIpc) is 3.12. The van der Waals surface area contributed by atoms with Crippen LogP contribution in [0.5, 0.6) is 0 Å². The molecule has 0 spiro atoms. The van der Waals surface area contributed by atoms with Gasteiger partial charge >= 0.3 is 0 Å². The summed E-state index contributed by atoms with van der Waals surface area (Å²) in [5, 5.41) is 3.12. The Labute approximate surface area is 198 Å². The minimum absolute atomic E-state index is 0.0297. The van der Waals surface area contributed by atoms with Crippen molar-refractivity contribution in [2.45, 2.75) is 32.7 Å². The number of carbonyl (C=O) groups is 1. The Kier molecular flexibility index (Phi) is 5.72. The summed E-state index contributed by atoms with van der Waals surface area (Å²) in [6, 6.07) is 25.9. The molecular formula is C28H27N5O. The Morgan fingerprint density at radius 2 is 1.68 bits per heavy atom. The van der Waals surface area contributed by atoms with Crippen LogP contribution in [0.15, 0.2) is 78.9 Å². The number of amides is 1. The maximum absolute atomic E-state index is 13.5. The topological polar surface area (TPSA) is 85.8 Å². The predicted octanol–water partition coefficient (Wildman–Crippen LogP) is 5.22. The summed E-state index contributed by atoms with van der Waals surface area (Å²) in [5.74, 6) is 0.0997. The smallest absolute Gasteiger partial charge is 0.257 e. The number of nitrogens with zero attached hydrogens (tertiary/aromatic N) is 3. The van der Waals surface area contributed by atoms with E-state index in [0.29, 0.717) is 22.5 Å². The first-order chi connectivity index (χ1) is 16.5. The summed E-state index contributed by atoms with van der Waals surface area (Å²) >= 11 is 0. The lowest BCUT2D eigenvalue weighted by Gasteiger charge is -2.14. The molecule has 0 bridgehead atoms. The van der Waals surface area contributed by atoms with Gasteiger partial charge in [-0.25, -0.2) is 9.97 Å². The highest BCUT2D eigenvalue weighted by molar-refractivity contribution is 6.11. The third kappa shape index (κ3) is 4.10. The maximum atomic E-state index is 13.5. The van der Waals surface area contributed by atoms with Crippen LogP contribution in [0.1, 0.15) is 34.8 Å². The zero-order valence-electron chi connectivity index (χ0n) is 19.3. The molecule has 1 atom stereocenters. The second-order valence-electron chi connectivity index (χ2n) is 8.72. The van der Waals surface area contributed by atoms with Crippen molar-refractivity contribution in [1.29, 1.82) is 0 Å². The number of aryl methyl sites for hydroxylation is 2. The molecule has 2 heterocycles. The van der Waals surface area contributed by atoms with Crippen molar-refractivity contribution in [3.63, 3.8) is 0 Å². The highest BCUT2D eigenvalue weighted by Crippen LogP contribution is 2.31. The highest BCUT2D eigenvalue weighted by atomic mass is 16.1. The Bertz CT molecular complexity index is 1490. The Morgan fingerprint density at radius 1 is 0.971 bits per heavy atom. The van der Waals surface area contributed by atoms with Gasteiger partial charge in [0, 0.05) is 11.7 Å². The number of aromatic nitrogens is 3. The standard InChI is InChI=1S/C28H27N5O/c1-18-9-8-12-21(17-18)33-26(29)24(25-27(33)32-23-14-7-6-13-22(23)31-25)28(34)30-19(2)15-16-20-10-4-3-5-11-20/h3-14,17,19H,15-16,29H2,1-2H3,(H,30,34)/t19-/m1/s1. The van der Waals surface area contributed by atoms with E-state index in [0.717, 1.165) is 35.1 Å². The number of hydrogen-bond acceptors (Lipinski definition) is 4. The first kappa shape index (κ1) is 21.6. The summed E-state index contributed by atoms with van der Waals surface area (Å²) in [6.45, 7) is 4.03. The van der Waals surface area contributed by atoms with Gasteiger partial charge in [0.1, 0.15) is 16.9 Å². The average molecular weight is 450 g/mol. The first-order valence-electron chi connectivity index (χ1n) is 11.5. The molecule has 0 saturated heterocycles. The van der Waals surface area contributed by atoms with Gasteiger partial charge in [-0.1, -0.05) is 54.6 Å². The lowest BCUT2D eigenvalue weighted by molar-refractivity contribution is 0.0941. The fourth-order valence-electron chi connectivity index (χ4n) is 4.31. The Hall–Kier alpha value is -4.19. The summed E-state index contributed by atoms with van der Waals surface area (Å²) < 4.78 is 1.82. The van der Waals surface area contributed by atoms with Crippen LogP contribution in [-0.2, 0) is 6.42 Å². The van der Waals surface area contributed by atoms with E-state index in [9.17, 15) is 4.79 Å². The minimum Gasteiger partial charge on any atom is -0.384 e. The third-order valence-electron chi connectivity index (χ3n) is 6.07. The molecule has 6 nitrogen and oxygen atoms in total. The quantitative estimate of drug-likeness (QED) is 0.372. The summed E-state index contributed by atoms with van der Waals surface area (Å²) in [7, 11) is 0. The van der Waals surface area contributed by atoms with E-state index >= 15 is 0 Å².